The van der Waals surface area contributed by atoms with Crippen molar-refractivity contribution in [1.82, 2.24) is 15.4 Å². The topological polar surface area (TPSA) is 69.2 Å². The average molecular weight is 149 g/mol. The summed E-state index contributed by atoms with van der Waals surface area (Å²) >= 11 is 0. The van der Waals surface area contributed by atoms with E-state index in [0.29, 0.717) is 0 Å². The van der Waals surface area contributed by atoms with Crippen LogP contribution in [0.2, 0.25) is 0 Å². The summed E-state index contributed by atoms with van der Waals surface area (Å²) in [5.41, 5.74) is 6.79. The maximum atomic E-state index is 3.96. The molecule has 0 saturated heterocycles. The number of benzene rings is 1. The Morgan fingerprint density at radius 1 is 1.27 bits per heavy atom. The van der Waals surface area contributed by atoms with E-state index in [1.54, 1.807) is 0 Å². The summed E-state index contributed by atoms with van der Waals surface area (Å²) in [6.07, 6.45) is 0. The minimum atomic E-state index is 0.794. The first-order valence-electron chi connectivity index (χ1n) is 3.49. The van der Waals surface area contributed by atoms with Crippen LogP contribution in [0.1, 0.15) is 5.56 Å². The zero-order valence-electron chi connectivity index (χ0n) is 6.04. The molecule has 2 rings (SSSR count). The minimum Gasteiger partial charge on any atom is -0.354 e. The van der Waals surface area contributed by atoms with Crippen molar-refractivity contribution in [1.29, 1.82) is 0 Å². The Bertz CT molecular complexity index is 365. The van der Waals surface area contributed by atoms with Gasteiger partial charge in [0.1, 0.15) is 11.0 Å². The van der Waals surface area contributed by atoms with Gasteiger partial charge in [-0.1, -0.05) is 6.07 Å². The SMILES string of the molecule is [NH3+]Cc1ccc2n[nH]nc2c1. The zero-order valence-corrected chi connectivity index (χ0v) is 6.04. The molecule has 0 amide bonds. The van der Waals surface area contributed by atoms with Crippen molar-refractivity contribution < 1.29 is 5.73 Å². The van der Waals surface area contributed by atoms with Crippen molar-refractivity contribution >= 4 is 11.0 Å². The number of aromatic nitrogens is 3. The second-order valence-electron chi connectivity index (χ2n) is 2.40. The molecule has 0 aliphatic carbocycles. The smallest absolute Gasteiger partial charge is 0.113 e. The third kappa shape index (κ3) is 0.969. The Morgan fingerprint density at radius 3 is 2.91 bits per heavy atom. The minimum absolute atomic E-state index is 0.794. The van der Waals surface area contributed by atoms with E-state index in [2.05, 4.69) is 21.1 Å². The Balaban J connectivity index is 2.67. The fourth-order valence-electron chi connectivity index (χ4n) is 1.04. The fourth-order valence-corrected chi connectivity index (χ4v) is 1.04. The van der Waals surface area contributed by atoms with Gasteiger partial charge in [-0.15, -0.1) is 0 Å². The summed E-state index contributed by atoms with van der Waals surface area (Å²) in [5, 5.41) is 10.5. The molecule has 0 aliphatic heterocycles. The lowest BCUT2D eigenvalue weighted by molar-refractivity contribution is -0.386. The molecule has 0 spiro atoms. The lowest BCUT2D eigenvalue weighted by Gasteiger charge is -1.90. The van der Waals surface area contributed by atoms with E-state index in [-0.39, 0.29) is 0 Å². The van der Waals surface area contributed by atoms with Crippen LogP contribution >= 0.6 is 0 Å². The summed E-state index contributed by atoms with van der Waals surface area (Å²) < 4.78 is 0. The molecule has 1 aromatic heterocycles. The number of fused-ring (bicyclic) bond motifs is 1. The second-order valence-corrected chi connectivity index (χ2v) is 2.40. The van der Waals surface area contributed by atoms with Gasteiger partial charge in [-0.25, -0.2) is 0 Å². The molecule has 0 aliphatic rings. The van der Waals surface area contributed by atoms with Crippen LogP contribution in [-0.2, 0) is 6.54 Å². The van der Waals surface area contributed by atoms with Crippen molar-refractivity contribution in [3.63, 3.8) is 0 Å². The molecule has 4 nitrogen and oxygen atoms in total. The highest BCUT2D eigenvalue weighted by atomic mass is 15.3. The number of aromatic amines is 1. The molecule has 1 aromatic carbocycles. The van der Waals surface area contributed by atoms with Gasteiger partial charge in [-0.05, 0) is 12.1 Å². The normalized spacial score (nSPS) is 10.6. The van der Waals surface area contributed by atoms with Crippen molar-refractivity contribution in [3.05, 3.63) is 23.8 Å². The van der Waals surface area contributed by atoms with Gasteiger partial charge in [0.05, 0.1) is 6.54 Å². The molecular weight excluding hydrogens is 140 g/mol. The molecule has 56 valence electrons. The van der Waals surface area contributed by atoms with Gasteiger partial charge in [0.25, 0.3) is 0 Å². The Hall–Kier alpha value is -1.42. The van der Waals surface area contributed by atoms with E-state index in [9.17, 15) is 0 Å². The van der Waals surface area contributed by atoms with Crippen LogP contribution < -0.4 is 5.73 Å². The van der Waals surface area contributed by atoms with Gasteiger partial charge >= 0.3 is 0 Å². The molecule has 0 radical (unpaired) electrons. The van der Waals surface area contributed by atoms with Crippen LogP contribution in [-0.4, -0.2) is 15.4 Å². The predicted molar refractivity (Wildman–Crippen MR) is 40.5 cm³/mol. The van der Waals surface area contributed by atoms with Gasteiger partial charge in [0, 0.05) is 5.56 Å². The number of hydrogen-bond donors (Lipinski definition) is 2. The molecule has 0 saturated carbocycles. The maximum absolute atomic E-state index is 3.96. The fraction of sp³-hybridized carbons (Fsp3) is 0.143. The Morgan fingerprint density at radius 2 is 2.09 bits per heavy atom. The lowest BCUT2D eigenvalue weighted by atomic mass is 10.2. The van der Waals surface area contributed by atoms with Crippen LogP contribution in [0.15, 0.2) is 18.2 Å². The highest BCUT2D eigenvalue weighted by molar-refractivity contribution is 5.73. The number of quaternary nitrogens is 1. The molecule has 0 atom stereocenters. The Kier molecular flexibility index (Phi) is 1.33. The van der Waals surface area contributed by atoms with Crippen molar-refractivity contribution in [2.75, 3.05) is 0 Å². The number of nitrogens with zero attached hydrogens (tertiary/aromatic N) is 2. The van der Waals surface area contributed by atoms with Gasteiger partial charge < -0.3 is 5.73 Å². The molecule has 2 aromatic rings. The monoisotopic (exact) mass is 149 g/mol. The van der Waals surface area contributed by atoms with E-state index in [0.717, 1.165) is 17.6 Å². The highest BCUT2D eigenvalue weighted by Crippen LogP contribution is 2.08. The van der Waals surface area contributed by atoms with E-state index in [1.807, 2.05) is 18.2 Å². The Labute approximate surface area is 63.4 Å². The standard InChI is InChI=1S/C7H8N4/c8-4-5-1-2-6-7(3-5)10-11-9-6/h1-3H,4,8H2,(H,9,10,11)/p+1. The maximum Gasteiger partial charge on any atom is 0.113 e. The average Bonchev–Trinajstić information content (AvgIpc) is 2.50. The summed E-state index contributed by atoms with van der Waals surface area (Å²) in [7, 11) is 0. The first-order valence-corrected chi connectivity index (χ1v) is 3.49. The highest BCUT2D eigenvalue weighted by Gasteiger charge is 1.98. The molecule has 0 fully saturated rings. The van der Waals surface area contributed by atoms with Crippen LogP contribution in [0.3, 0.4) is 0 Å². The first-order chi connectivity index (χ1) is 5.40. The third-order valence-electron chi connectivity index (χ3n) is 1.67. The summed E-state index contributed by atoms with van der Waals surface area (Å²) in [6.45, 7) is 0.794. The number of nitrogens with one attached hydrogen (secondary N) is 1. The summed E-state index contributed by atoms with van der Waals surface area (Å²) in [4.78, 5) is 0. The predicted octanol–water partition coefficient (Wildman–Crippen LogP) is -0.300. The molecule has 4 N–H and O–H groups in total. The third-order valence-corrected chi connectivity index (χ3v) is 1.67. The van der Waals surface area contributed by atoms with Crippen LogP contribution in [0.25, 0.3) is 11.0 Å². The van der Waals surface area contributed by atoms with Gasteiger partial charge in [-0.3, -0.25) is 0 Å². The van der Waals surface area contributed by atoms with Crippen molar-refractivity contribution in [2.45, 2.75) is 6.54 Å². The van der Waals surface area contributed by atoms with Crippen LogP contribution in [0, 0.1) is 0 Å². The first kappa shape index (κ1) is 6.30. The number of hydrogen-bond acceptors (Lipinski definition) is 2. The quantitative estimate of drug-likeness (QED) is 0.584. The largest absolute Gasteiger partial charge is 0.354 e. The van der Waals surface area contributed by atoms with E-state index < -0.39 is 0 Å². The molecular formula is C7H9N4+. The second kappa shape index (κ2) is 2.32. The molecule has 1 heterocycles. The molecule has 4 heteroatoms. The van der Waals surface area contributed by atoms with Gasteiger partial charge in [0.2, 0.25) is 0 Å². The van der Waals surface area contributed by atoms with Crippen molar-refractivity contribution in [3.8, 4) is 0 Å². The molecule has 0 unspecified atom stereocenters. The lowest BCUT2D eigenvalue weighted by Crippen LogP contribution is -2.47. The number of H-pyrrole nitrogens is 1. The molecule has 11 heavy (non-hydrogen) atoms. The van der Waals surface area contributed by atoms with Gasteiger partial charge in [0.15, 0.2) is 0 Å². The zero-order chi connectivity index (χ0) is 7.68. The van der Waals surface area contributed by atoms with E-state index >= 15 is 0 Å². The van der Waals surface area contributed by atoms with Gasteiger partial charge in [-0.2, -0.15) is 15.4 Å². The van der Waals surface area contributed by atoms with Crippen molar-refractivity contribution in [2.24, 2.45) is 0 Å². The van der Waals surface area contributed by atoms with E-state index in [4.69, 9.17) is 0 Å². The molecule has 0 bridgehead atoms. The number of rotatable bonds is 1. The van der Waals surface area contributed by atoms with E-state index in [1.165, 1.54) is 5.56 Å². The summed E-state index contributed by atoms with van der Waals surface area (Å²) in [6, 6.07) is 5.95. The summed E-state index contributed by atoms with van der Waals surface area (Å²) in [5.74, 6) is 0. The van der Waals surface area contributed by atoms with Crippen LogP contribution in [0.5, 0.6) is 0 Å². The van der Waals surface area contributed by atoms with Crippen LogP contribution in [0.4, 0.5) is 0 Å².